The summed E-state index contributed by atoms with van der Waals surface area (Å²) in [7, 11) is -9.80. The van der Waals surface area contributed by atoms with Gasteiger partial charge in [0.15, 0.2) is 6.10 Å². The number of phosphoric acid groups is 2. The topological polar surface area (TPSA) is 231 Å². The van der Waals surface area contributed by atoms with Crippen LogP contribution in [0.15, 0.2) is 134 Å². The molecule has 0 radical (unpaired) electrons. The minimum Gasteiger partial charge on any atom is -0.463 e. The summed E-state index contributed by atoms with van der Waals surface area (Å²) in [5.74, 6) is -1.62. The van der Waals surface area contributed by atoms with Crippen LogP contribution < -0.4 is 0 Å². The van der Waals surface area contributed by atoms with Gasteiger partial charge < -0.3 is 34.2 Å². The summed E-state index contributed by atoms with van der Waals surface area (Å²) >= 11 is 0. The largest absolute Gasteiger partial charge is 0.472 e. The van der Waals surface area contributed by atoms with Gasteiger partial charge in [-0.2, -0.15) is 0 Å². The number of rotatable bonds is 66. The second-order valence-electron chi connectivity index (χ2n) is 23.3. The zero-order valence-electron chi connectivity index (χ0n) is 57.6. The molecule has 0 rings (SSSR count). The van der Waals surface area contributed by atoms with Crippen molar-refractivity contribution in [3.63, 3.8) is 0 Å². The van der Waals surface area contributed by atoms with Crippen LogP contribution in [0, 0.1) is 0 Å². The number of phosphoric ester groups is 2. The summed E-state index contributed by atoms with van der Waals surface area (Å²) in [5.41, 5.74) is 0. The van der Waals surface area contributed by atoms with Crippen LogP contribution in [0.4, 0.5) is 0 Å². The van der Waals surface area contributed by atoms with E-state index < -0.39 is 91.5 Å². The number of aliphatic hydroxyl groups is 2. The summed E-state index contributed by atoms with van der Waals surface area (Å²) in [6.45, 7) is 2.36. The third-order valence-electron chi connectivity index (χ3n) is 14.3. The molecule has 0 saturated carbocycles. The lowest BCUT2D eigenvalue weighted by Crippen LogP contribution is -2.30. The zero-order chi connectivity index (χ0) is 68.1. The summed E-state index contributed by atoms with van der Waals surface area (Å²) in [6, 6.07) is 0. The molecule has 0 heterocycles. The molecule has 0 bridgehead atoms. The van der Waals surface area contributed by atoms with Gasteiger partial charge in [0, 0.05) is 19.3 Å². The molecule has 0 spiro atoms. The molecule has 4 N–H and O–H groups in total. The van der Waals surface area contributed by atoms with E-state index in [1.54, 1.807) is 0 Å². The molecule has 0 aliphatic rings. The second kappa shape index (κ2) is 67.7. The first kappa shape index (κ1) is 88.7. The van der Waals surface area contributed by atoms with Crippen LogP contribution in [0.2, 0.25) is 0 Å². The highest BCUT2D eigenvalue weighted by Gasteiger charge is 2.29. The molecule has 16 nitrogen and oxygen atoms in total. The van der Waals surface area contributed by atoms with E-state index in [0.717, 1.165) is 186 Å². The van der Waals surface area contributed by atoms with Crippen molar-refractivity contribution in [3.8, 4) is 0 Å². The SMILES string of the molecule is CC/C=C\C/C=C\C/C=C\C/C=C\CCCCCCCCC(=O)OCC(O)COP(=O)(O)OCC(O)COP(=O)(O)OCC(COC(=O)CCCCCCCC/C=C\C/C=C\C/C=C\C/C=C\CC)OC(=O)CCCCCCCC/C=C\C/C=C\C/C=C\CCCCC. The Morgan fingerprint density at radius 1 is 0.312 bits per heavy atom. The third kappa shape index (κ3) is 68.9. The number of carbonyl (C=O) groups excluding carboxylic acids is 3. The molecule has 0 amide bonds. The summed E-state index contributed by atoms with van der Waals surface area (Å²) in [6.07, 6.45) is 79.1. The van der Waals surface area contributed by atoms with Crippen molar-refractivity contribution < 1.29 is 75.8 Å². The smallest absolute Gasteiger partial charge is 0.463 e. The predicted octanol–water partition coefficient (Wildman–Crippen LogP) is 20.0. The fourth-order valence-electron chi connectivity index (χ4n) is 8.97. The highest BCUT2D eigenvalue weighted by molar-refractivity contribution is 7.47. The number of aliphatic hydroxyl groups excluding tert-OH is 2. The number of esters is 3. The lowest BCUT2D eigenvalue weighted by Gasteiger charge is -2.21. The van der Waals surface area contributed by atoms with Crippen molar-refractivity contribution in [1.29, 1.82) is 0 Å². The molecule has 0 aromatic rings. The van der Waals surface area contributed by atoms with Gasteiger partial charge in [0.05, 0.1) is 26.4 Å². The first-order chi connectivity index (χ1) is 45.2. The molecule has 0 aromatic carbocycles. The van der Waals surface area contributed by atoms with Crippen LogP contribution in [0.3, 0.4) is 0 Å². The first-order valence-electron chi connectivity index (χ1n) is 35.5. The molecule has 5 atom stereocenters. The summed E-state index contributed by atoms with van der Waals surface area (Å²) in [5, 5.41) is 20.6. The fraction of sp³-hybridized carbons (Fsp3) is 0.667. The third-order valence-corrected chi connectivity index (χ3v) is 16.2. The lowest BCUT2D eigenvalue weighted by molar-refractivity contribution is -0.161. The van der Waals surface area contributed by atoms with E-state index in [2.05, 4.69) is 154 Å². The van der Waals surface area contributed by atoms with E-state index in [9.17, 15) is 43.5 Å². The van der Waals surface area contributed by atoms with Gasteiger partial charge in [0.25, 0.3) is 0 Å². The van der Waals surface area contributed by atoms with Crippen LogP contribution >= 0.6 is 15.6 Å². The quantitative estimate of drug-likeness (QED) is 0.0146. The maximum absolute atomic E-state index is 13.0. The van der Waals surface area contributed by atoms with Gasteiger partial charge in [-0.05, 0) is 135 Å². The maximum atomic E-state index is 13.0. The minimum atomic E-state index is -4.94. The molecular weight excluding hydrogens is 1220 g/mol. The molecule has 0 aliphatic carbocycles. The first-order valence-corrected chi connectivity index (χ1v) is 38.5. The Labute approximate surface area is 563 Å². The van der Waals surface area contributed by atoms with Gasteiger partial charge in [-0.15, -0.1) is 0 Å². The Bertz CT molecular complexity index is 2230. The normalized spacial score (nSPS) is 15.0. The Balaban J connectivity index is 4.77. The van der Waals surface area contributed by atoms with Gasteiger partial charge in [-0.25, -0.2) is 9.13 Å². The van der Waals surface area contributed by atoms with E-state index in [4.69, 9.17) is 32.3 Å². The Morgan fingerprint density at radius 2 is 0.570 bits per heavy atom. The number of carbonyl (C=O) groups is 3. The average molecular weight is 1350 g/mol. The fourth-order valence-corrected chi connectivity index (χ4v) is 10.6. The van der Waals surface area contributed by atoms with Crippen LogP contribution in [-0.4, -0.2) is 95.9 Å². The number of allylic oxidation sites excluding steroid dienone is 22. The molecule has 0 aliphatic heterocycles. The predicted molar refractivity (Wildman–Crippen MR) is 380 cm³/mol. The summed E-state index contributed by atoms with van der Waals surface area (Å²) in [4.78, 5) is 58.5. The molecule has 0 fully saturated rings. The van der Waals surface area contributed by atoms with E-state index in [-0.39, 0.29) is 19.3 Å². The highest BCUT2D eigenvalue weighted by Crippen LogP contribution is 2.45. The second-order valence-corrected chi connectivity index (χ2v) is 26.2. The van der Waals surface area contributed by atoms with Gasteiger partial charge in [-0.1, -0.05) is 244 Å². The Hall–Kier alpha value is -4.31. The van der Waals surface area contributed by atoms with Crippen molar-refractivity contribution >= 4 is 33.6 Å². The van der Waals surface area contributed by atoms with Crippen LogP contribution in [0.1, 0.15) is 265 Å². The molecular formula is C75H126O16P2. The summed E-state index contributed by atoms with van der Waals surface area (Å²) < 4.78 is 61.0. The number of hydrogen-bond acceptors (Lipinski definition) is 14. The average Bonchev–Trinajstić information content (AvgIpc) is 3.57. The number of ether oxygens (including phenoxy) is 3. The molecule has 5 unspecified atom stereocenters. The van der Waals surface area contributed by atoms with Crippen molar-refractivity contribution in [1.82, 2.24) is 0 Å². The van der Waals surface area contributed by atoms with E-state index >= 15 is 0 Å². The number of hydrogen-bond donors (Lipinski definition) is 4. The van der Waals surface area contributed by atoms with E-state index in [1.165, 1.54) is 19.3 Å². The van der Waals surface area contributed by atoms with Crippen molar-refractivity contribution in [3.05, 3.63) is 134 Å². The standard InChI is InChI=1S/C75H126O16P2/c1-4-7-10-13-16-19-22-25-28-31-34-37-40-43-46-49-52-55-58-61-73(78)85-64-70(76)65-87-92(81,82)88-66-71(77)67-89-93(83,84)90-69-72(91-75(80)63-60-57-54-51-48-45-42-39-36-33-30-27-24-21-18-15-12-9-6-3)68-86-74(79)62-59-56-53-50-47-44-41-38-35-32-29-26-23-20-17-14-11-8-5-2/h7-8,10-11,16-21,25-30,34-39,70-72,76-77H,4-6,9,12-15,22-24,31-33,40-69H2,1-3H3,(H,81,82)(H,83,84)/b10-7-,11-8-,19-16-,20-17-,21-18-,28-25-,29-26-,30-27-,37-34-,38-35-,39-36-. The zero-order valence-corrected chi connectivity index (χ0v) is 59.4. The van der Waals surface area contributed by atoms with Crippen molar-refractivity contribution in [2.24, 2.45) is 0 Å². The molecule has 0 aromatic heterocycles. The van der Waals surface area contributed by atoms with Gasteiger partial charge >= 0.3 is 33.6 Å². The van der Waals surface area contributed by atoms with Gasteiger partial charge in [0.2, 0.25) is 0 Å². The van der Waals surface area contributed by atoms with Crippen LogP contribution in [0.25, 0.3) is 0 Å². The lowest BCUT2D eigenvalue weighted by atomic mass is 10.1. The van der Waals surface area contributed by atoms with E-state index in [0.29, 0.717) is 19.3 Å². The Kier molecular flexibility index (Phi) is 64.5. The van der Waals surface area contributed by atoms with Gasteiger partial charge in [0.1, 0.15) is 25.4 Å². The van der Waals surface area contributed by atoms with Crippen molar-refractivity contribution in [2.75, 3.05) is 39.6 Å². The highest BCUT2D eigenvalue weighted by atomic mass is 31.2. The molecule has 18 heteroatoms. The number of unbranched alkanes of at least 4 members (excludes halogenated alkanes) is 21. The monoisotopic (exact) mass is 1340 g/mol. The minimum absolute atomic E-state index is 0.0823. The van der Waals surface area contributed by atoms with E-state index in [1.807, 2.05) is 0 Å². The van der Waals surface area contributed by atoms with Gasteiger partial charge in [-0.3, -0.25) is 32.5 Å². The molecule has 93 heavy (non-hydrogen) atoms. The molecule has 532 valence electrons. The Morgan fingerprint density at radius 3 is 0.903 bits per heavy atom. The maximum Gasteiger partial charge on any atom is 0.472 e. The molecule has 0 saturated heterocycles. The van der Waals surface area contributed by atoms with Crippen molar-refractivity contribution in [2.45, 2.75) is 283 Å². The van der Waals surface area contributed by atoms with Crippen LogP contribution in [0.5, 0.6) is 0 Å². The van der Waals surface area contributed by atoms with Crippen LogP contribution in [-0.2, 0) is 55.8 Å².